The number of nitrogens with two attached hydrogens (primary N) is 1. The molecule has 1 atom stereocenters. The van der Waals surface area contributed by atoms with Crippen molar-refractivity contribution in [3.63, 3.8) is 0 Å². The summed E-state index contributed by atoms with van der Waals surface area (Å²) in [5, 5.41) is 9.06. The molecule has 108 valence electrons. The highest BCUT2D eigenvalue weighted by molar-refractivity contribution is 5.81. The minimum Gasteiger partial charge on any atom is -0.480 e. The fourth-order valence-corrected chi connectivity index (χ4v) is 2.77. The first-order valence-corrected chi connectivity index (χ1v) is 6.93. The zero-order chi connectivity index (χ0) is 14.0. The lowest BCUT2D eigenvalue weighted by atomic mass is 9.99. The topological polar surface area (TPSA) is 86.9 Å². The van der Waals surface area contributed by atoms with Gasteiger partial charge in [-0.3, -0.25) is 14.5 Å². The molecule has 2 aliphatic heterocycles. The lowest BCUT2D eigenvalue weighted by Gasteiger charge is -2.31. The number of hydrogen-bond acceptors (Lipinski definition) is 4. The highest BCUT2D eigenvalue weighted by Gasteiger charge is 2.41. The smallest absolute Gasteiger partial charge is 0.325 e. The first-order chi connectivity index (χ1) is 8.90. The molecule has 0 aromatic heterocycles. The van der Waals surface area contributed by atoms with Gasteiger partial charge in [0.2, 0.25) is 5.91 Å². The molecule has 0 spiro atoms. The Hall–Kier alpha value is -1.14. The van der Waals surface area contributed by atoms with E-state index < -0.39 is 11.5 Å². The van der Waals surface area contributed by atoms with Crippen molar-refractivity contribution in [1.29, 1.82) is 0 Å². The Morgan fingerprint density at radius 2 is 1.95 bits per heavy atom. The zero-order valence-corrected chi connectivity index (χ0v) is 11.5. The summed E-state index contributed by atoms with van der Waals surface area (Å²) in [5.41, 5.74) is 4.61. The van der Waals surface area contributed by atoms with E-state index in [-0.39, 0.29) is 12.5 Å². The Bertz CT molecular complexity index is 366. The van der Waals surface area contributed by atoms with Gasteiger partial charge in [0.05, 0.1) is 6.54 Å². The lowest BCUT2D eigenvalue weighted by Crippen LogP contribution is -2.51. The van der Waals surface area contributed by atoms with Gasteiger partial charge in [0.1, 0.15) is 5.54 Å². The quantitative estimate of drug-likeness (QED) is 0.736. The number of nitrogens with zero attached hydrogens (tertiary/aromatic N) is 2. The average molecular weight is 269 g/mol. The molecule has 2 saturated heterocycles. The molecular weight excluding hydrogens is 246 g/mol. The Balaban J connectivity index is 1.82. The summed E-state index contributed by atoms with van der Waals surface area (Å²) >= 11 is 0. The Kier molecular flexibility index (Phi) is 4.10. The number of carboxylic acid groups (broad SMARTS) is 1. The molecule has 2 aliphatic rings. The molecule has 19 heavy (non-hydrogen) atoms. The van der Waals surface area contributed by atoms with Crippen molar-refractivity contribution in [3.05, 3.63) is 0 Å². The molecule has 1 amide bonds. The van der Waals surface area contributed by atoms with Gasteiger partial charge in [0.15, 0.2) is 0 Å². The van der Waals surface area contributed by atoms with Crippen LogP contribution in [0.25, 0.3) is 0 Å². The number of carbonyl (C=O) groups is 2. The summed E-state index contributed by atoms with van der Waals surface area (Å²) < 4.78 is 0. The van der Waals surface area contributed by atoms with Crippen molar-refractivity contribution >= 4 is 11.9 Å². The number of likely N-dealkylation sites (tertiary alicyclic amines) is 2. The van der Waals surface area contributed by atoms with E-state index in [1.807, 2.05) is 9.80 Å². The zero-order valence-electron chi connectivity index (χ0n) is 11.5. The maximum absolute atomic E-state index is 12.1. The fraction of sp³-hybridized carbons (Fsp3) is 0.846. The van der Waals surface area contributed by atoms with E-state index in [2.05, 4.69) is 6.92 Å². The second-order valence-corrected chi connectivity index (χ2v) is 5.99. The molecule has 0 aromatic carbocycles. The average Bonchev–Trinajstić information content (AvgIpc) is 2.73. The molecule has 0 aromatic rings. The first-order valence-electron chi connectivity index (χ1n) is 6.93. The van der Waals surface area contributed by atoms with Crippen LogP contribution in [-0.4, -0.2) is 65.0 Å². The summed E-state index contributed by atoms with van der Waals surface area (Å²) in [6.45, 7) is 4.98. The third-order valence-corrected chi connectivity index (χ3v) is 4.30. The minimum atomic E-state index is -1.18. The Morgan fingerprint density at radius 1 is 1.32 bits per heavy atom. The molecule has 2 rings (SSSR count). The van der Waals surface area contributed by atoms with Gasteiger partial charge in [-0.15, -0.1) is 0 Å². The largest absolute Gasteiger partial charge is 0.480 e. The molecule has 6 nitrogen and oxygen atoms in total. The Morgan fingerprint density at radius 3 is 2.47 bits per heavy atom. The van der Waals surface area contributed by atoms with Crippen molar-refractivity contribution in [2.45, 2.75) is 31.7 Å². The molecule has 0 radical (unpaired) electrons. The Labute approximate surface area is 113 Å². The number of rotatable bonds is 3. The van der Waals surface area contributed by atoms with E-state index >= 15 is 0 Å². The monoisotopic (exact) mass is 269 g/mol. The van der Waals surface area contributed by atoms with Crippen LogP contribution in [0.2, 0.25) is 0 Å². The molecule has 3 N–H and O–H groups in total. The minimum absolute atomic E-state index is 0.0986. The van der Waals surface area contributed by atoms with Crippen LogP contribution in [0.3, 0.4) is 0 Å². The van der Waals surface area contributed by atoms with E-state index in [1.165, 1.54) is 0 Å². The molecule has 0 bridgehead atoms. The maximum atomic E-state index is 12.1. The summed E-state index contributed by atoms with van der Waals surface area (Å²) in [6.07, 6.45) is 2.52. The molecule has 0 aliphatic carbocycles. The van der Waals surface area contributed by atoms with Gasteiger partial charge < -0.3 is 15.7 Å². The third-order valence-electron chi connectivity index (χ3n) is 4.30. The van der Waals surface area contributed by atoms with Crippen LogP contribution in [-0.2, 0) is 9.59 Å². The number of aliphatic carboxylic acids is 1. The number of hydrogen-bond donors (Lipinski definition) is 2. The summed E-state index contributed by atoms with van der Waals surface area (Å²) in [7, 11) is 0. The third kappa shape index (κ3) is 3.25. The van der Waals surface area contributed by atoms with Crippen molar-refractivity contribution < 1.29 is 14.7 Å². The number of piperidine rings is 1. The highest BCUT2D eigenvalue weighted by Crippen LogP contribution is 2.20. The van der Waals surface area contributed by atoms with Crippen LogP contribution in [0.15, 0.2) is 0 Å². The molecular formula is C13H23N3O3. The standard InChI is InChI=1S/C13H23N3O3/c1-10-2-5-16(6-3-10)11(17)8-15-7-4-13(14,9-15)12(18)19/h10H,2-9,14H2,1H3,(H,18,19). The molecule has 1 unspecified atom stereocenters. The van der Waals surface area contributed by atoms with E-state index in [1.54, 1.807) is 0 Å². The van der Waals surface area contributed by atoms with E-state index in [0.717, 1.165) is 25.9 Å². The molecule has 6 heteroatoms. The number of carboxylic acids is 1. The maximum Gasteiger partial charge on any atom is 0.325 e. The second-order valence-electron chi connectivity index (χ2n) is 5.99. The van der Waals surface area contributed by atoms with Crippen molar-refractivity contribution in [2.24, 2.45) is 11.7 Å². The van der Waals surface area contributed by atoms with Gasteiger partial charge in [-0.2, -0.15) is 0 Å². The van der Waals surface area contributed by atoms with Crippen molar-refractivity contribution in [3.8, 4) is 0 Å². The predicted molar refractivity (Wildman–Crippen MR) is 70.6 cm³/mol. The summed E-state index contributed by atoms with van der Waals surface area (Å²) in [5.74, 6) is -0.185. The number of carbonyl (C=O) groups excluding carboxylic acids is 1. The molecule has 2 heterocycles. The van der Waals surface area contributed by atoms with Crippen LogP contribution < -0.4 is 5.73 Å². The SMILES string of the molecule is CC1CCN(C(=O)CN2CCC(N)(C(=O)O)C2)CC1. The van der Waals surface area contributed by atoms with Gasteiger partial charge in [-0.25, -0.2) is 0 Å². The predicted octanol–water partition coefficient (Wildman–Crippen LogP) is -0.267. The van der Waals surface area contributed by atoms with Gasteiger partial charge in [0.25, 0.3) is 0 Å². The molecule has 2 fully saturated rings. The van der Waals surface area contributed by atoms with Crippen LogP contribution in [0, 0.1) is 5.92 Å². The van der Waals surface area contributed by atoms with E-state index in [0.29, 0.717) is 25.4 Å². The van der Waals surface area contributed by atoms with E-state index in [9.17, 15) is 9.59 Å². The second kappa shape index (κ2) is 5.46. The van der Waals surface area contributed by atoms with Gasteiger partial charge in [0, 0.05) is 26.2 Å². The van der Waals surface area contributed by atoms with Crippen LogP contribution in [0.5, 0.6) is 0 Å². The van der Waals surface area contributed by atoms with Crippen LogP contribution in [0.4, 0.5) is 0 Å². The summed E-state index contributed by atoms with van der Waals surface area (Å²) in [6, 6.07) is 0. The number of amides is 1. The van der Waals surface area contributed by atoms with Gasteiger partial charge in [-0.05, 0) is 25.2 Å². The molecule has 0 saturated carbocycles. The highest BCUT2D eigenvalue weighted by atomic mass is 16.4. The normalized spacial score (nSPS) is 29.7. The lowest BCUT2D eigenvalue weighted by molar-refractivity contribution is -0.143. The summed E-state index contributed by atoms with van der Waals surface area (Å²) in [4.78, 5) is 26.9. The fourth-order valence-electron chi connectivity index (χ4n) is 2.77. The van der Waals surface area contributed by atoms with Crippen molar-refractivity contribution in [1.82, 2.24) is 9.80 Å². The van der Waals surface area contributed by atoms with Crippen molar-refractivity contribution in [2.75, 3.05) is 32.7 Å². The van der Waals surface area contributed by atoms with Gasteiger partial charge >= 0.3 is 5.97 Å². The van der Waals surface area contributed by atoms with Crippen LogP contribution >= 0.6 is 0 Å². The van der Waals surface area contributed by atoms with E-state index in [4.69, 9.17) is 10.8 Å². The van der Waals surface area contributed by atoms with Crippen LogP contribution in [0.1, 0.15) is 26.2 Å². The van der Waals surface area contributed by atoms with Gasteiger partial charge in [-0.1, -0.05) is 6.92 Å². The first kappa shape index (κ1) is 14.3.